The number of hydrogen-bond acceptors (Lipinski definition) is 5. The number of carbonyl (C=O) groups excluding carboxylic acids is 1. The number of aromatic nitrogens is 1. The predicted octanol–water partition coefficient (Wildman–Crippen LogP) is 1.64. The van der Waals surface area contributed by atoms with Crippen LogP contribution in [-0.2, 0) is 0 Å². The van der Waals surface area contributed by atoms with Gasteiger partial charge in [-0.1, -0.05) is 0 Å². The molecule has 2 aliphatic rings. The quantitative estimate of drug-likeness (QED) is 0.722. The van der Waals surface area contributed by atoms with Crippen LogP contribution in [0.25, 0.3) is 0 Å². The van der Waals surface area contributed by atoms with Crippen molar-refractivity contribution in [3.05, 3.63) is 30.1 Å². The first-order valence-electron chi connectivity index (χ1n) is 5.04. The number of amides is 1. The van der Waals surface area contributed by atoms with Gasteiger partial charge in [0.1, 0.15) is 0 Å². The molecule has 0 N–H and O–H groups in total. The molecule has 1 aromatic rings. The van der Waals surface area contributed by atoms with Gasteiger partial charge in [-0.15, -0.1) is 0 Å². The van der Waals surface area contributed by atoms with E-state index >= 15 is 0 Å². The monoisotopic (exact) mass is 264 g/mol. The van der Waals surface area contributed by atoms with Crippen LogP contribution in [0.15, 0.2) is 34.5 Å². The molecule has 0 aliphatic carbocycles. The third-order valence-corrected chi connectivity index (χ3v) is 4.52. The summed E-state index contributed by atoms with van der Waals surface area (Å²) in [5, 5.41) is 1.67. The lowest BCUT2D eigenvalue weighted by Gasteiger charge is -2.09. The van der Waals surface area contributed by atoms with E-state index in [1.54, 1.807) is 29.1 Å². The van der Waals surface area contributed by atoms with Gasteiger partial charge in [0.05, 0.1) is 12.1 Å². The van der Waals surface area contributed by atoms with Crippen molar-refractivity contribution in [1.29, 1.82) is 0 Å². The molecule has 3 rings (SSSR count). The van der Waals surface area contributed by atoms with E-state index in [1.165, 1.54) is 17.0 Å². The molecule has 0 radical (unpaired) electrons. The van der Waals surface area contributed by atoms with E-state index in [9.17, 15) is 4.79 Å². The minimum absolute atomic E-state index is 0.255. The molecule has 0 saturated carbocycles. The Morgan fingerprint density at radius 1 is 1.47 bits per heavy atom. The topological polar surface area (TPSA) is 57.9 Å². The third kappa shape index (κ3) is 2.07. The molecule has 3 heterocycles. The SMILES string of the molecule is O=C(/N=C1/SSC2=NCCN21)c1cccnc1. The Kier molecular flexibility index (Phi) is 2.86. The molecule has 1 fully saturated rings. The average Bonchev–Trinajstić information content (AvgIpc) is 2.95. The second-order valence-electron chi connectivity index (χ2n) is 3.42. The molecular formula is C10H8N4OS2. The summed E-state index contributed by atoms with van der Waals surface area (Å²) >= 11 is 0. The van der Waals surface area contributed by atoms with Crippen molar-refractivity contribution >= 4 is 37.8 Å². The Morgan fingerprint density at radius 2 is 2.41 bits per heavy atom. The first-order valence-corrected chi connectivity index (χ1v) is 7.19. The highest BCUT2D eigenvalue weighted by molar-refractivity contribution is 8.88. The fraction of sp³-hybridized carbons (Fsp3) is 0.200. The zero-order valence-electron chi connectivity index (χ0n) is 8.74. The zero-order chi connectivity index (χ0) is 11.7. The summed E-state index contributed by atoms with van der Waals surface area (Å²) in [6.07, 6.45) is 3.16. The third-order valence-electron chi connectivity index (χ3n) is 2.33. The highest BCUT2D eigenvalue weighted by atomic mass is 33.1. The minimum Gasteiger partial charge on any atom is -0.297 e. The van der Waals surface area contributed by atoms with Crippen molar-refractivity contribution in [2.75, 3.05) is 13.1 Å². The average molecular weight is 264 g/mol. The summed E-state index contributed by atoms with van der Waals surface area (Å²) in [6.45, 7) is 1.59. The maximum absolute atomic E-state index is 11.9. The van der Waals surface area contributed by atoms with Crippen LogP contribution >= 0.6 is 21.6 Å². The number of carbonyl (C=O) groups is 1. The number of fused-ring (bicyclic) bond motifs is 1. The van der Waals surface area contributed by atoms with Gasteiger partial charge in [-0.3, -0.25) is 19.7 Å². The summed E-state index contributed by atoms with van der Waals surface area (Å²) < 4.78 is 0. The molecular weight excluding hydrogens is 256 g/mol. The van der Waals surface area contributed by atoms with E-state index in [0.717, 1.165) is 23.4 Å². The van der Waals surface area contributed by atoms with Crippen molar-refractivity contribution in [3.8, 4) is 0 Å². The number of aliphatic imine (C=N–C) groups is 2. The summed E-state index contributed by atoms with van der Waals surface area (Å²) in [4.78, 5) is 26.2. The van der Waals surface area contributed by atoms with Crippen LogP contribution in [0.4, 0.5) is 0 Å². The highest BCUT2D eigenvalue weighted by Gasteiger charge is 2.31. The largest absolute Gasteiger partial charge is 0.297 e. The number of pyridine rings is 1. The Hall–Kier alpha value is -1.34. The first kappa shape index (κ1) is 10.8. The normalized spacial score (nSPS) is 20.6. The molecule has 2 aliphatic heterocycles. The van der Waals surface area contributed by atoms with Gasteiger partial charge >= 0.3 is 0 Å². The van der Waals surface area contributed by atoms with Gasteiger partial charge in [-0.2, -0.15) is 4.99 Å². The van der Waals surface area contributed by atoms with Gasteiger partial charge < -0.3 is 0 Å². The predicted molar refractivity (Wildman–Crippen MR) is 70.2 cm³/mol. The van der Waals surface area contributed by atoms with Gasteiger partial charge in [0, 0.05) is 18.9 Å². The second-order valence-corrected chi connectivity index (χ2v) is 5.49. The zero-order valence-corrected chi connectivity index (χ0v) is 10.4. The van der Waals surface area contributed by atoms with Crippen LogP contribution in [0.3, 0.4) is 0 Å². The standard InChI is InChI=1S/C10H8N4OS2/c15-8(7-2-1-3-11-6-7)13-10-14-5-4-12-9(14)16-17-10/h1-3,6H,4-5H2/b13-10+. The Balaban J connectivity index is 1.83. The van der Waals surface area contributed by atoms with Gasteiger partial charge in [0.15, 0.2) is 10.3 Å². The van der Waals surface area contributed by atoms with Crippen molar-refractivity contribution in [2.45, 2.75) is 0 Å². The lowest BCUT2D eigenvalue weighted by molar-refractivity contribution is 0.100. The smallest absolute Gasteiger partial charge is 0.280 e. The maximum atomic E-state index is 11.9. The summed E-state index contributed by atoms with van der Waals surface area (Å²) in [7, 11) is 3.03. The molecule has 0 unspecified atom stereocenters. The van der Waals surface area contributed by atoms with E-state index in [2.05, 4.69) is 15.0 Å². The lowest BCUT2D eigenvalue weighted by Crippen LogP contribution is -2.26. The van der Waals surface area contributed by atoms with Gasteiger partial charge in [0.25, 0.3) is 5.91 Å². The molecule has 17 heavy (non-hydrogen) atoms. The fourth-order valence-electron chi connectivity index (χ4n) is 1.51. The molecule has 1 amide bonds. The molecule has 5 nitrogen and oxygen atoms in total. The van der Waals surface area contributed by atoms with Crippen molar-refractivity contribution in [1.82, 2.24) is 9.88 Å². The first-order chi connectivity index (χ1) is 8.34. The number of hydrogen-bond donors (Lipinski definition) is 0. The Bertz CT molecular complexity index is 514. The van der Waals surface area contributed by atoms with Crippen LogP contribution in [-0.4, -0.2) is 39.2 Å². The van der Waals surface area contributed by atoms with E-state index < -0.39 is 0 Å². The molecule has 0 spiro atoms. The summed E-state index contributed by atoms with van der Waals surface area (Å²) in [5.41, 5.74) is 0.509. The second kappa shape index (κ2) is 4.50. The van der Waals surface area contributed by atoms with E-state index in [4.69, 9.17) is 0 Å². The fourth-order valence-corrected chi connectivity index (χ4v) is 3.78. The summed E-state index contributed by atoms with van der Waals surface area (Å²) in [5.74, 6) is -0.255. The van der Waals surface area contributed by atoms with Crippen molar-refractivity contribution in [3.63, 3.8) is 0 Å². The van der Waals surface area contributed by atoms with Gasteiger partial charge in [0.2, 0.25) is 0 Å². The van der Waals surface area contributed by atoms with Gasteiger partial charge in [-0.25, -0.2) is 0 Å². The van der Waals surface area contributed by atoms with Crippen LogP contribution < -0.4 is 0 Å². The molecule has 1 saturated heterocycles. The highest BCUT2D eigenvalue weighted by Crippen LogP contribution is 2.38. The van der Waals surface area contributed by atoms with Gasteiger partial charge in [-0.05, 0) is 33.7 Å². The summed E-state index contributed by atoms with van der Waals surface area (Å²) in [6, 6.07) is 3.44. The van der Waals surface area contributed by atoms with Crippen LogP contribution in [0.5, 0.6) is 0 Å². The van der Waals surface area contributed by atoms with Crippen LogP contribution in [0, 0.1) is 0 Å². The van der Waals surface area contributed by atoms with Crippen LogP contribution in [0.2, 0.25) is 0 Å². The lowest BCUT2D eigenvalue weighted by atomic mass is 10.3. The van der Waals surface area contributed by atoms with E-state index in [-0.39, 0.29) is 5.91 Å². The molecule has 1 aromatic heterocycles. The molecule has 0 atom stereocenters. The number of amidine groups is 2. The van der Waals surface area contributed by atoms with E-state index in [0.29, 0.717) is 5.56 Å². The Morgan fingerprint density at radius 3 is 3.24 bits per heavy atom. The number of nitrogens with zero attached hydrogens (tertiary/aromatic N) is 4. The maximum Gasteiger partial charge on any atom is 0.280 e. The number of rotatable bonds is 1. The van der Waals surface area contributed by atoms with Crippen LogP contribution in [0.1, 0.15) is 10.4 Å². The van der Waals surface area contributed by atoms with E-state index in [1.807, 2.05) is 4.90 Å². The van der Waals surface area contributed by atoms with Crippen molar-refractivity contribution < 1.29 is 4.79 Å². The molecule has 0 bridgehead atoms. The molecule has 7 heteroatoms. The van der Waals surface area contributed by atoms with Crippen molar-refractivity contribution in [2.24, 2.45) is 9.98 Å². The molecule has 0 aromatic carbocycles. The molecule has 86 valence electrons. The Labute approximate surface area is 106 Å². The minimum atomic E-state index is -0.255.